The van der Waals surface area contributed by atoms with Gasteiger partial charge in [-0.05, 0) is 12.8 Å². The monoisotopic (exact) mass is 334 g/mol. The molecular weight excluding hydrogens is 304 g/mol. The maximum atomic E-state index is 10.4. The van der Waals surface area contributed by atoms with E-state index < -0.39 is 5.97 Å². The minimum Gasteiger partial charge on any atom is -0.499 e. The fraction of sp³-hybridized carbons (Fsp3) is 0.562. The molecule has 0 radical (unpaired) electrons. The van der Waals surface area contributed by atoms with Crippen molar-refractivity contribution in [2.45, 2.75) is 26.2 Å². The zero-order valence-electron chi connectivity index (χ0n) is 13.9. The van der Waals surface area contributed by atoms with E-state index in [2.05, 4.69) is 24.6 Å². The Hall–Kier alpha value is -1.67. The van der Waals surface area contributed by atoms with Crippen molar-refractivity contribution in [1.29, 1.82) is 0 Å². The van der Waals surface area contributed by atoms with Crippen LogP contribution in [0.15, 0.2) is 37.6 Å². The van der Waals surface area contributed by atoms with E-state index in [0.717, 1.165) is 12.8 Å². The van der Waals surface area contributed by atoms with Gasteiger partial charge in [0.1, 0.15) is 6.61 Å². The summed E-state index contributed by atoms with van der Waals surface area (Å²) >= 11 is 0. The highest BCUT2D eigenvalue weighted by Gasteiger charge is 2.05. The van der Waals surface area contributed by atoms with E-state index in [1.54, 1.807) is 6.08 Å². The Morgan fingerprint density at radius 1 is 1.17 bits per heavy atom. The number of hydrogen-bond acceptors (Lipinski definition) is 7. The molecule has 136 valence electrons. The van der Waals surface area contributed by atoms with Crippen LogP contribution < -0.4 is 0 Å². The minimum absolute atomic E-state index is 0.125. The number of aliphatic hydroxyl groups excluding tert-OH is 2. The van der Waals surface area contributed by atoms with Gasteiger partial charge in [0, 0.05) is 5.57 Å². The fourth-order valence-electron chi connectivity index (χ4n) is 0.914. The lowest BCUT2D eigenvalue weighted by Gasteiger charge is -1.98. The van der Waals surface area contributed by atoms with Crippen molar-refractivity contribution in [3.63, 3.8) is 0 Å². The van der Waals surface area contributed by atoms with Crippen LogP contribution in [0.1, 0.15) is 26.2 Å². The lowest BCUT2D eigenvalue weighted by Crippen LogP contribution is -2.03. The second kappa shape index (κ2) is 25.3. The number of ether oxygens (including phenoxy) is 2. The molecule has 0 aromatic rings. The van der Waals surface area contributed by atoms with Crippen molar-refractivity contribution in [3.05, 3.63) is 37.6 Å². The van der Waals surface area contributed by atoms with Crippen molar-refractivity contribution in [1.82, 2.24) is 0 Å². The summed E-state index contributed by atoms with van der Waals surface area (Å²) in [5, 5.41) is 23.1. The van der Waals surface area contributed by atoms with E-state index in [9.17, 15) is 4.79 Å². The molecule has 0 fully saturated rings. The smallest absolute Gasteiger partial charge is 0.368 e. The van der Waals surface area contributed by atoms with Crippen LogP contribution in [0.4, 0.5) is 0 Å². The van der Waals surface area contributed by atoms with Crippen molar-refractivity contribution < 1.29 is 34.6 Å². The molecule has 0 saturated heterocycles. The van der Waals surface area contributed by atoms with E-state index in [1.807, 2.05) is 6.92 Å². The van der Waals surface area contributed by atoms with Gasteiger partial charge in [0.15, 0.2) is 0 Å². The van der Waals surface area contributed by atoms with Gasteiger partial charge in [-0.3, -0.25) is 4.89 Å². The number of unbranched alkanes of at least 4 members (excludes halogenated alkanes) is 1. The Labute approximate surface area is 138 Å². The summed E-state index contributed by atoms with van der Waals surface area (Å²) in [4.78, 5) is 13.9. The molecule has 0 aromatic carbocycles. The van der Waals surface area contributed by atoms with Crippen molar-refractivity contribution in [2.24, 2.45) is 0 Å². The van der Waals surface area contributed by atoms with Gasteiger partial charge in [0.25, 0.3) is 0 Å². The molecule has 7 nitrogen and oxygen atoms in total. The molecular formula is C16H30O7. The van der Waals surface area contributed by atoms with Gasteiger partial charge in [-0.15, -0.1) is 6.58 Å². The summed E-state index contributed by atoms with van der Waals surface area (Å²) in [6.45, 7) is 13.8. The number of aliphatic hydroxyl groups is 2. The number of carbonyl (C=O) groups is 1. The van der Waals surface area contributed by atoms with Gasteiger partial charge in [-0.1, -0.05) is 32.6 Å². The molecule has 0 atom stereocenters. The first-order valence-electron chi connectivity index (χ1n) is 7.21. The Morgan fingerprint density at radius 2 is 1.78 bits per heavy atom. The van der Waals surface area contributed by atoms with E-state index in [0.29, 0.717) is 31.8 Å². The predicted octanol–water partition coefficient (Wildman–Crippen LogP) is 2.07. The molecule has 0 aliphatic heterocycles. The summed E-state index contributed by atoms with van der Waals surface area (Å²) in [6.07, 6.45) is 5.59. The molecule has 0 aromatic heterocycles. The fourth-order valence-corrected chi connectivity index (χ4v) is 0.914. The standard InChI is InChI=1S/C7H12O3.C7H12O2.C2H6O2/c1-3-4-5-6(2)7(8)10-9;1-3-5-9-7-6-8-4-2;3-1-2-4/h9H,2-5H2,1H3;3-4H,1-2,5-7H2;3-4H,1-2H2. The zero-order chi connectivity index (χ0) is 18.3. The SMILES string of the molecule is C=C(CCCC)C(=O)OO.C=CCOCCOC=C.OCCO. The second-order valence-electron chi connectivity index (χ2n) is 3.93. The maximum absolute atomic E-state index is 10.4. The number of hydrogen-bond donors (Lipinski definition) is 3. The molecule has 0 unspecified atom stereocenters. The van der Waals surface area contributed by atoms with Gasteiger partial charge in [-0.2, -0.15) is 5.26 Å². The van der Waals surface area contributed by atoms with Gasteiger partial charge >= 0.3 is 5.97 Å². The number of carbonyl (C=O) groups excluding carboxylic acids is 1. The van der Waals surface area contributed by atoms with E-state index in [-0.39, 0.29) is 13.2 Å². The van der Waals surface area contributed by atoms with Crippen LogP contribution in [-0.2, 0) is 19.2 Å². The first kappa shape index (κ1) is 26.2. The third-order valence-electron chi connectivity index (χ3n) is 2.00. The second-order valence-corrected chi connectivity index (χ2v) is 3.93. The highest BCUT2D eigenvalue weighted by atomic mass is 17.1. The first-order valence-corrected chi connectivity index (χ1v) is 7.21. The van der Waals surface area contributed by atoms with Gasteiger partial charge in [0.2, 0.25) is 0 Å². The summed E-state index contributed by atoms with van der Waals surface area (Å²) in [5.74, 6) is -0.728. The van der Waals surface area contributed by atoms with Gasteiger partial charge < -0.3 is 19.7 Å². The molecule has 23 heavy (non-hydrogen) atoms. The molecule has 0 saturated carbocycles. The largest absolute Gasteiger partial charge is 0.499 e. The molecule has 0 rings (SSSR count). The van der Waals surface area contributed by atoms with Crippen molar-refractivity contribution in [3.8, 4) is 0 Å². The molecule has 0 amide bonds. The molecule has 3 N–H and O–H groups in total. The lowest BCUT2D eigenvalue weighted by molar-refractivity contribution is -0.229. The third-order valence-corrected chi connectivity index (χ3v) is 2.00. The van der Waals surface area contributed by atoms with Gasteiger partial charge in [0.05, 0.1) is 32.7 Å². The van der Waals surface area contributed by atoms with Crippen LogP contribution in [0, 0.1) is 0 Å². The van der Waals surface area contributed by atoms with E-state index in [4.69, 9.17) is 24.9 Å². The molecule has 0 aliphatic carbocycles. The van der Waals surface area contributed by atoms with Crippen LogP contribution in [0.5, 0.6) is 0 Å². The Morgan fingerprint density at radius 3 is 2.17 bits per heavy atom. The average molecular weight is 334 g/mol. The topological polar surface area (TPSA) is 105 Å². The van der Waals surface area contributed by atoms with Crippen LogP contribution in [0.2, 0.25) is 0 Å². The Balaban J connectivity index is -0.000000284. The summed E-state index contributed by atoms with van der Waals surface area (Å²) in [6, 6.07) is 0. The Kier molecular flexibility index (Phi) is 28.9. The summed E-state index contributed by atoms with van der Waals surface area (Å²) in [5.41, 5.74) is 0.323. The molecule has 0 heterocycles. The highest BCUT2D eigenvalue weighted by molar-refractivity contribution is 5.87. The van der Waals surface area contributed by atoms with E-state index >= 15 is 0 Å². The molecule has 0 spiro atoms. The van der Waals surface area contributed by atoms with Crippen LogP contribution in [0.25, 0.3) is 0 Å². The highest BCUT2D eigenvalue weighted by Crippen LogP contribution is 2.05. The maximum Gasteiger partial charge on any atom is 0.368 e. The third kappa shape index (κ3) is 29.1. The van der Waals surface area contributed by atoms with Crippen LogP contribution in [0.3, 0.4) is 0 Å². The molecule has 7 heteroatoms. The minimum atomic E-state index is -0.728. The lowest BCUT2D eigenvalue weighted by atomic mass is 10.1. The Bertz CT molecular complexity index is 278. The quantitative estimate of drug-likeness (QED) is 0.133. The molecule has 0 bridgehead atoms. The van der Waals surface area contributed by atoms with Crippen LogP contribution in [-0.4, -0.2) is 54.5 Å². The first-order chi connectivity index (χ1) is 11.0. The molecule has 0 aliphatic rings. The normalized spacial score (nSPS) is 8.52. The summed E-state index contributed by atoms with van der Waals surface area (Å²) < 4.78 is 9.78. The number of rotatable bonds is 11. The average Bonchev–Trinajstić information content (AvgIpc) is 2.59. The van der Waals surface area contributed by atoms with Crippen molar-refractivity contribution >= 4 is 5.97 Å². The predicted molar refractivity (Wildman–Crippen MR) is 88.7 cm³/mol. The zero-order valence-corrected chi connectivity index (χ0v) is 13.9. The van der Waals surface area contributed by atoms with E-state index in [1.165, 1.54) is 6.26 Å². The summed E-state index contributed by atoms with van der Waals surface area (Å²) in [7, 11) is 0. The van der Waals surface area contributed by atoms with Crippen LogP contribution >= 0.6 is 0 Å². The van der Waals surface area contributed by atoms with Crippen molar-refractivity contribution in [2.75, 3.05) is 33.0 Å². The van der Waals surface area contributed by atoms with Gasteiger partial charge in [-0.25, -0.2) is 4.79 Å².